The van der Waals surface area contributed by atoms with Gasteiger partial charge in [0.15, 0.2) is 5.69 Å². The van der Waals surface area contributed by atoms with Crippen molar-refractivity contribution >= 4 is 34.7 Å². The zero-order valence-electron chi connectivity index (χ0n) is 17.0. The van der Waals surface area contributed by atoms with E-state index < -0.39 is 5.54 Å². The minimum Gasteiger partial charge on any atom is -0.376 e. The molecule has 0 radical (unpaired) electrons. The minimum atomic E-state index is -0.531. The van der Waals surface area contributed by atoms with Crippen LogP contribution in [0.25, 0.3) is 4.85 Å². The van der Waals surface area contributed by atoms with Gasteiger partial charge in [-0.15, -0.1) is 0 Å². The number of urea groups is 1. The smallest absolute Gasteiger partial charge is 0.330 e. The molecule has 31 heavy (non-hydrogen) atoms. The molecular formula is C25H20ClN3O2. The summed E-state index contributed by atoms with van der Waals surface area (Å²) >= 11 is 6.11. The summed E-state index contributed by atoms with van der Waals surface area (Å²) in [6.45, 7) is 10.2. The third-order valence-corrected chi connectivity index (χ3v) is 6.27. The maximum absolute atomic E-state index is 13.9. The number of carbonyl (C=O) groups excluding carboxylic acids is 1. The molecule has 2 aliphatic heterocycles. The van der Waals surface area contributed by atoms with E-state index in [1.165, 1.54) is 0 Å². The summed E-state index contributed by atoms with van der Waals surface area (Å²) in [5, 5.41) is 0.621. The van der Waals surface area contributed by atoms with Crippen molar-refractivity contribution in [3.63, 3.8) is 0 Å². The molecule has 2 aliphatic rings. The van der Waals surface area contributed by atoms with Gasteiger partial charge in [0, 0.05) is 16.4 Å². The number of carbonyl (C=O) groups is 1. The van der Waals surface area contributed by atoms with Crippen molar-refractivity contribution in [3.8, 4) is 0 Å². The van der Waals surface area contributed by atoms with E-state index in [2.05, 4.69) is 30.0 Å². The highest BCUT2D eigenvalue weighted by molar-refractivity contribution is 6.30. The lowest BCUT2D eigenvalue weighted by atomic mass is 9.82. The second kappa shape index (κ2) is 7.42. The van der Waals surface area contributed by atoms with Gasteiger partial charge in [0.25, 0.3) is 0 Å². The lowest BCUT2D eigenvalue weighted by Crippen LogP contribution is -2.62. The molecular weight excluding hydrogens is 410 g/mol. The lowest BCUT2D eigenvalue weighted by molar-refractivity contribution is -0.0580. The van der Waals surface area contributed by atoms with Gasteiger partial charge < -0.3 is 4.74 Å². The molecule has 1 atom stereocenters. The van der Waals surface area contributed by atoms with Crippen LogP contribution in [0.15, 0.2) is 72.8 Å². The van der Waals surface area contributed by atoms with E-state index in [0.29, 0.717) is 23.9 Å². The Hall–Kier alpha value is -3.33. The van der Waals surface area contributed by atoms with E-state index in [1.807, 2.05) is 40.1 Å². The van der Waals surface area contributed by atoms with E-state index in [1.54, 1.807) is 24.3 Å². The molecule has 2 amide bonds. The van der Waals surface area contributed by atoms with Gasteiger partial charge >= 0.3 is 6.03 Å². The van der Waals surface area contributed by atoms with Gasteiger partial charge in [0.05, 0.1) is 25.8 Å². The van der Waals surface area contributed by atoms with Gasteiger partial charge in [0.1, 0.15) is 5.54 Å². The molecule has 5 rings (SSSR count). The summed E-state index contributed by atoms with van der Waals surface area (Å²) in [6, 6.07) is 22.4. The summed E-state index contributed by atoms with van der Waals surface area (Å²) in [5.41, 5.74) is 3.74. The highest BCUT2D eigenvalue weighted by Crippen LogP contribution is 2.51. The van der Waals surface area contributed by atoms with Crippen LogP contribution in [0.5, 0.6) is 0 Å². The highest BCUT2D eigenvalue weighted by atomic mass is 35.5. The molecule has 2 saturated heterocycles. The molecule has 3 aromatic rings. The van der Waals surface area contributed by atoms with Gasteiger partial charge in [0.2, 0.25) is 0 Å². The van der Waals surface area contributed by atoms with Gasteiger partial charge in [-0.2, -0.15) is 0 Å². The number of aryl methyl sites for hydroxylation is 1. The van der Waals surface area contributed by atoms with Crippen LogP contribution in [0.1, 0.15) is 17.2 Å². The van der Waals surface area contributed by atoms with Crippen LogP contribution in [0.3, 0.4) is 0 Å². The zero-order chi connectivity index (χ0) is 21.6. The fourth-order valence-electron chi connectivity index (χ4n) is 4.57. The first kappa shape index (κ1) is 19.6. The van der Waals surface area contributed by atoms with Crippen LogP contribution in [0.4, 0.5) is 21.9 Å². The van der Waals surface area contributed by atoms with Crippen molar-refractivity contribution in [2.45, 2.75) is 18.5 Å². The third-order valence-electron chi connectivity index (χ3n) is 6.01. The number of anilines is 2. The van der Waals surface area contributed by atoms with Crippen molar-refractivity contribution in [2.75, 3.05) is 23.0 Å². The Balaban J connectivity index is 1.69. The first-order valence-electron chi connectivity index (χ1n) is 10.0. The van der Waals surface area contributed by atoms with Crippen molar-refractivity contribution < 1.29 is 9.53 Å². The van der Waals surface area contributed by atoms with Crippen LogP contribution < -0.4 is 9.80 Å². The first-order chi connectivity index (χ1) is 15.0. The number of ether oxygens (including phenoxy) is 1. The summed E-state index contributed by atoms with van der Waals surface area (Å²) in [5.74, 6) is 0. The SMILES string of the molecule is [C-]#[N+]c1ccc(N2C(=O)N(c3ccc(Cl)cc3)C3(COC3)[C@@H]2c2cccc(C)c2)cc1. The Bertz CT molecular complexity index is 1180. The van der Waals surface area contributed by atoms with Crippen LogP contribution in [0, 0.1) is 13.5 Å². The fourth-order valence-corrected chi connectivity index (χ4v) is 4.70. The Morgan fingerprint density at radius 1 is 1.03 bits per heavy atom. The van der Waals surface area contributed by atoms with Gasteiger partial charge in [-0.1, -0.05) is 53.6 Å². The number of hydrogen-bond acceptors (Lipinski definition) is 2. The highest BCUT2D eigenvalue weighted by Gasteiger charge is 2.62. The van der Waals surface area contributed by atoms with Crippen molar-refractivity contribution in [2.24, 2.45) is 0 Å². The maximum Gasteiger partial charge on any atom is 0.330 e. The van der Waals surface area contributed by atoms with E-state index in [-0.39, 0.29) is 12.1 Å². The standard InChI is InChI=1S/C25H20ClN3O2/c1-17-4-3-5-18(14-17)23-25(15-31-16-25)29(22-10-6-19(26)7-11-22)24(30)28(23)21-12-8-20(27-2)9-13-21/h3-14,23H,15-16H2,1H3/t23-/m0/s1. The fraction of sp³-hybridized carbons (Fsp3) is 0.200. The number of halogens is 1. The molecule has 0 unspecified atom stereocenters. The molecule has 6 heteroatoms. The number of hydrogen-bond donors (Lipinski definition) is 0. The predicted molar refractivity (Wildman–Crippen MR) is 122 cm³/mol. The molecule has 2 heterocycles. The first-order valence-corrected chi connectivity index (χ1v) is 10.4. The summed E-state index contributed by atoms with van der Waals surface area (Å²) in [4.78, 5) is 21.1. The number of nitrogens with zero attached hydrogens (tertiary/aromatic N) is 3. The van der Waals surface area contributed by atoms with E-state index >= 15 is 0 Å². The predicted octanol–water partition coefficient (Wildman–Crippen LogP) is 6.16. The molecule has 0 aromatic heterocycles. The second-order valence-corrected chi connectivity index (χ2v) is 8.44. The van der Waals surface area contributed by atoms with Gasteiger partial charge in [-0.3, -0.25) is 9.80 Å². The van der Waals surface area contributed by atoms with Crippen molar-refractivity contribution in [3.05, 3.63) is 100 Å². The van der Waals surface area contributed by atoms with E-state index in [4.69, 9.17) is 22.9 Å². The molecule has 154 valence electrons. The van der Waals surface area contributed by atoms with Crippen LogP contribution in [-0.2, 0) is 4.74 Å². The molecule has 0 N–H and O–H groups in total. The van der Waals surface area contributed by atoms with E-state index in [0.717, 1.165) is 22.5 Å². The monoisotopic (exact) mass is 429 g/mol. The van der Waals surface area contributed by atoms with Gasteiger partial charge in [-0.25, -0.2) is 9.64 Å². The average molecular weight is 430 g/mol. The van der Waals surface area contributed by atoms with Crippen LogP contribution >= 0.6 is 11.6 Å². The zero-order valence-corrected chi connectivity index (χ0v) is 17.7. The lowest BCUT2D eigenvalue weighted by Gasteiger charge is -2.47. The second-order valence-electron chi connectivity index (χ2n) is 8.01. The van der Waals surface area contributed by atoms with Gasteiger partial charge in [-0.05, 0) is 48.9 Å². The molecule has 1 spiro atoms. The minimum absolute atomic E-state index is 0.118. The Morgan fingerprint density at radius 3 is 2.29 bits per heavy atom. The largest absolute Gasteiger partial charge is 0.376 e. The number of rotatable bonds is 3. The Morgan fingerprint density at radius 2 is 1.71 bits per heavy atom. The molecule has 0 aliphatic carbocycles. The average Bonchev–Trinajstić information content (AvgIpc) is 3.04. The van der Waals surface area contributed by atoms with Crippen LogP contribution in [0.2, 0.25) is 5.02 Å². The quantitative estimate of drug-likeness (QED) is 0.468. The molecule has 0 bridgehead atoms. The van der Waals surface area contributed by atoms with Crippen molar-refractivity contribution in [1.29, 1.82) is 0 Å². The number of benzene rings is 3. The molecule has 0 saturated carbocycles. The third kappa shape index (κ3) is 3.07. The molecule has 2 fully saturated rings. The molecule has 3 aromatic carbocycles. The number of amides is 2. The maximum atomic E-state index is 13.9. The van der Waals surface area contributed by atoms with Crippen LogP contribution in [-0.4, -0.2) is 24.8 Å². The Labute approximate surface area is 186 Å². The Kier molecular flexibility index (Phi) is 4.70. The van der Waals surface area contributed by atoms with E-state index in [9.17, 15) is 4.79 Å². The summed E-state index contributed by atoms with van der Waals surface area (Å²) < 4.78 is 5.70. The summed E-state index contributed by atoms with van der Waals surface area (Å²) in [6.07, 6.45) is 0. The topological polar surface area (TPSA) is 37.1 Å². The summed E-state index contributed by atoms with van der Waals surface area (Å²) in [7, 11) is 0. The van der Waals surface area contributed by atoms with Crippen molar-refractivity contribution in [1.82, 2.24) is 0 Å². The molecule has 5 nitrogen and oxygen atoms in total. The normalized spacial score (nSPS) is 19.4.